The summed E-state index contributed by atoms with van der Waals surface area (Å²) >= 11 is 7.27. The number of hydrogen-bond acceptors (Lipinski definition) is 6. The molecule has 2 unspecified atom stereocenters. The van der Waals surface area contributed by atoms with Crippen molar-refractivity contribution in [1.29, 1.82) is 0 Å². The number of nitrogens with zero attached hydrogens (tertiary/aromatic N) is 2. The lowest BCUT2D eigenvalue weighted by Crippen LogP contribution is -2.42. The van der Waals surface area contributed by atoms with Gasteiger partial charge in [-0.3, -0.25) is 4.68 Å². The molecule has 34 heavy (non-hydrogen) atoms. The van der Waals surface area contributed by atoms with Crippen molar-refractivity contribution in [1.82, 2.24) is 9.78 Å². The summed E-state index contributed by atoms with van der Waals surface area (Å²) in [6, 6.07) is 4.00. The third-order valence-corrected chi connectivity index (χ3v) is 8.25. The Hall–Kier alpha value is -0.276. The van der Waals surface area contributed by atoms with Crippen molar-refractivity contribution in [3.63, 3.8) is 0 Å². The summed E-state index contributed by atoms with van der Waals surface area (Å²) in [6.45, 7) is 16.2. The van der Waals surface area contributed by atoms with Crippen LogP contribution < -0.4 is 4.74 Å². The van der Waals surface area contributed by atoms with Crippen molar-refractivity contribution in [2.24, 2.45) is 11.3 Å². The number of alkyl halides is 1. The molecule has 0 amide bonds. The van der Waals surface area contributed by atoms with Crippen LogP contribution in [-0.4, -0.2) is 66.5 Å². The second-order valence-corrected chi connectivity index (χ2v) is 11.3. The van der Waals surface area contributed by atoms with E-state index in [4.69, 9.17) is 23.1 Å². The highest BCUT2D eigenvalue weighted by Gasteiger charge is 2.36. The number of aromatic nitrogens is 2. The minimum Gasteiger partial charge on any atom is -0.490 e. The van der Waals surface area contributed by atoms with Gasteiger partial charge in [-0.15, -0.1) is 0 Å². The maximum Gasteiger partial charge on any atom is 0.229 e. The van der Waals surface area contributed by atoms with Gasteiger partial charge in [-0.2, -0.15) is 5.10 Å². The Bertz CT molecular complexity index is 880. The molecule has 4 radical (unpaired) electrons. The Morgan fingerprint density at radius 1 is 1.15 bits per heavy atom. The molecule has 7 nitrogen and oxygen atoms in total. The highest BCUT2D eigenvalue weighted by Crippen LogP contribution is 2.37. The van der Waals surface area contributed by atoms with E-state index in [9.17, 15) is 0 Å². The SMILES string of the molecule is CCOC(C)OC(CBr)COc1ccc2cnn(C[C@@H](C)C(C)(C)C(O[Si]C)O[Si]C)c2c1Br. The van der Waals surface area contributed by atoms with E-state index in [1.807, 2.05) is 50.0 Å². The van der Waals surface area contributed by atoms with E-state index in [1.54, 1.807) is 0 Å². The fourth-order valence-corrected chi connectivity index (χ4v) is 5.73. The molecule has 2 rings (SSSR count). The van der Waals surface area contributed by atoms with Crippen LogP contribution in [0.25, 0.3) is 10.9 Å². The van der Waals surface area contributed by atoms with E-state index in [2.05, 4.69) is 57.7 Å². The van der Waals surface area contributed by atoms with E-state index in [-0.39, 0.29) is 30.0 Å². The zero-order valence-electron chi connectivity index (χ0n) is 21.1. The van der Waals surface area contributed by atoms with Crippen LogP contribution in [0.5, 0.6) is 5.75 Å². The predicted octanol–water partition coefficient (Wildman–Crippen LogP) is 5.70. The van der Waals surface area contributed by atoms with Crippen LogP contribution in [0.4, 0.5) is 0 Å². The van der Waals surface area contributed by atoms with Gasteiger partial charge in [0.25, 0.3) is 0 Å². The van der Waals surface area contributed by atoms with Gasteiger partial charge in [0.2, 0.25) is 19.5 Å². The molecule has 0 spiro atoms. The van der Waals surface area contributed by atoms with Gasteiger partial charge in [-0.05, 0) is 60.9 Å². The number of hydrogen-bond donors (Lipinski definition) is 0. The molecule has 190 valence electrons. The minimum atomic E-state index is -0.286. The van der Waals surface area contributed by atoms with Gasteiger partial charge in [0.1, 0.15) is 24.8 Å². The Kier molecular flexibility index (Phi) is 12.7. The Balaban J connectivity index is 2.19. The summed E-state index contributed by atoms with van der Waals surface area (Å²) in [5.41, 5.74) is 0.815. The lowest BCUT2D eigenvalue weighted by atomic mass is 9.79. The maximum atomic E-state index is 6.14. The third-order valence-electron chi connectivity index (χ3n) is 5.86. The third kappa shape index (κ3) is 7.86. The largest absolute Gasteiger partial charge is 0.490 e. The van der Waals surface area contributed by atoms with Gasteiger partial charge in [0, 0.05) is 29.3 Å². The number of fused-ring (bicyclic) bond motifs is 1. The van der Waals surface area contributed by atoms with Crippen molar-refractivity contribution in [2.75, 3.05) is 18.5 Å². The van der Waals surface area contributed by atoms with Gasteiger partial charge >= 0.3 is 0 Å². The lowest BCUT2D eigenvalue weighted by Gasteiger charge is -2.39. The molecule has 0 aliphatic carbocycles. The molecule has 0 aliphatic heterocycles. The lowest BCUT2D eigenvalue weighted by molar-refractivity contribution is -0.157. The van der Waals surface area contributed by atoms with Gasteiger partial charge in [-0.1, -0.05) is 36.7 Å². The van der Waals surface area contributed by atoms with Crippen LogP contribution in [0.3, 0.4) is 0 Å². The molecule has 0 N–H and O–H groups in total. The zero-order valence-corrected chi connectivity index (χ0v) is 26.2. The average molecular weight is 637 g/mol. The smallest absolute Gasteiger partial charge is 0.229 e. The summed E-state index contributed by atoms with van der Waals surface area (Å²) in [5, 5.41) is 6.38. The highest BCUT2D eigenvalue weighted by molar-refractivity contribution is 9.10. The molecule has 0 bridgehead atoms. The summed E-state index contributed by atoms with van der Waals surface area (Å²) in [7, 11) is 0.751. The molecule has 11 heteroatoms. The summed E-state index contributed by atoms with van der Waals surface area (Å²) in [4.78, 5) is 0. The molecule has 0 fully saturated rings. The van der Waals surface area contributed by atoms with Crippen molar-refractivity contribution in [3.05, 3.63) is 22.8 Å². The standard InChI is InChI=1S/C23H36Br2N2O5Si2/c1-8-28-16(3)30-18(11-24)14-29-19-10-9-17-12-26-27(21(17)20(19)25)13-15(2)23(4,5)22(31-33-6)32-34-7/h9-10,12,15-16,18,22H,8,11,13-14H2,1-7H3/t15-,16?,18?/m1/s1. The summed E-state index contributed by atoms with van der Waals surface area (Å²) in [6.07, 6.45) is 1.22. The Morgan fingerprint density at radius 3 is 2.41 bits per heavy atom. The number of benzene rings is 1. The minimum absolute atomic E-state index is 0.134. The van der Waals surface area contributed by atoms with Crippen LogP contribution in [0, 0.1) is 11.3 Å². The van der Waals surface area contributed by atoms with Crippen LogP contribution in [0.1, 0.15) is 34.6 Å². The molecule has 0 saturated carbocycles. The monoisotopic (exact) mass is 634 g/mol. The van der Waals surface area contributed by atoms with Gasteiger partial charge in [0.15, 0.2) is 6.29 Å². The Morgan fingerprint density at radius 2 is 1.82 bits per heavy atom. The van der Waals surface area contributed by atoms with E-state index >= 15 is 0 Å². The van der Waals surface area contributed by atoms with Crippen LogP contribution in [0.2, 0.25) is 13.1 Å². The first-order valence-electron chi connectivity index (χ1n) is 11.4. The number of ether oxygens (including phenoxy) is 3. The molecule has 1 aromatic heterocycles. The summed E-state index contributed by atoms with van der Waals surface area (Å²) < 4.78 is 32.4. The number of rotatable bonds is 16. The number of halogens is 2. The van der Waals surface area contributed by atoms with Crippen LogP contribution >= 0.6 is 31.9 Å². The van der Waals surface area contributed by atoms with E-state index in [1.165, 1.54) is 0 Å². The second kappa shape index (κ2) is 14.5. The Labute approximate surface area is 225 Å². The van der Waals surface area contributed by atoms with Crippen molar-refractivity contribution in [3.8, 4) is 5.75 Å². The van der Waals surface area contributed by atoms with E-state index in [0.717, 1.165) is 27.7 Å². The summed E-state index contributed by atoms with van der Waals surface area (Å²) in [5.74, 6) is 1.000. The zero-order chi connectivity index (χ0) is 25.3. The maximum absolute atomic E-state index is 6.14. The first-order chi connectivity index (χ1) is 16.2. The van der Waals surface area contributed by atoms with Gasteiger partial charge in [0.05, 0.1) is 16.2 Å². The first-order valence-corrected chi connectivity index (χ1v) is 16.2. The molecule has 0 aliphatic rings. The molecule has 3 atom stereocenters. The molecule has 2 aromatic rings. The van der Waals surface area contributed by atoms with E-state index in [0.29, 0.717) is 38.1 Å². The highest BCUT2D eigenvalue weighted by atomic mass is 79.9. The average Bonchev–Trinajstić information content (AvgIpc) is 3.21. The first kappa shape index (κ1) is 30.0. The second-order valence-electron chi connectivity index (χ2n) is 8.59. The van der Waals surface area contributed by atoms with Crippen molar-refractivity contribution >= 4 is 62.3 Å². The molecule has 1 aromatic carbocycles. The molecular weight excluding hydrogens is 600 g/mol. The predicted molar refractivity (Wildman–Crippen MR) is 145 cm³/mol. The van der Waals surface area contributed by atoms with Gasteiger partial charge in [-0.25, -0.2) is 0 Å². The fourth-order valence-electron chi connectivity index (χ4n) is 3.48. The van der Waals surface area contributed by atoms with Crippen molar-refractivity contribution in [2.45, 2.75) is 72.9 Å². The van der Waals surface area contributed by atoms with Crippen molar-refractivity contribution < 1.29 is 23.1 Å². The molecule has 0 saturated heterocycles. The fraction of sp³-hybridized carbons (Fsp3) is 0.696. The topological polar surface area (TPSA) is 64.0 Å². The normalized spacial score (nSPS) is 15.1. The molecular formula is C23H36Br2N2O5Si2. The van der Waals surface area contributed by atoms with Crippen LogP contribution in [0.15, 0.2) is 22.8 Å². The van der Waals surface area contributed by atoms with E-state index < -0.39 is 0 Å². The quantitative estimate of drug-likeness (QED) is 0.134. The van der Waals surface area contributed by atoms with Gasteiger partial charge < -0.3 is 23.1 Å². The molecule has 1 heterocycles. The van der Waals surface area contributed by atoms with Crippen LogP contribution in [-0.2, 0) is 24.9 Å².